The summed E-state index contributed by atoms with van der Waals surface area (Å²) in [6.45, 7) is 1.97. The maximum absolute atomic E-state index is 13.1. The van der Waals surface area contributed by atoms with Crippen molar-refractivity contribution < 1.29 is 13.7 Å². The fourth-order valence-corrected chi connectivity index (χ4v) is 3.15. The molecule has 0 saturated heterocycles. The predicted octanol–water partition coefficient (Wildman–Crippen LogP) is 3.61. The van der Waals surface area contributed by atoms with Crippen LogP contribution in [0.4, 0.5) is 4.39 Å². The first-order valence-electron chi connectivity index (χ1n) is 9.80. The van der Waals surface area contributed by atoms with Crippen LogP contribution in [-0.2, 0) is 11.2 Å². The molecule has 0 bridgehead atoms. The molecule has 31 heavy (non-hydrogen) atoms. The zero-order valence-electron chi connectivity index (χ0n) is 17.1. The molecule has 2 aromatic heterocycles. The van der Waals surface area contributed by atoms with E-state index in [0.29, 0.717) is 23.7 Å². The summed E-state index contributed by atoms with van der Waals surface area (Å²) in [5.41, 5.74) is 2.56. The van der Waals surface area contributed by atoms with E-state index in [1.54, 1.807) is 35.1 Å². The molecule has 0 unspecified atom stereocenters. The third kappa shape index (κ3) is 4.66. The van der Waals surface area contributed by atoms with Crippen LogP contribution in [0.5, 0.6) is 0 Å². The van der Waals surface area contributed by atoms with Crippen molar-refractivity contribution in [3.8, 4) is 17.1 Å². The Morgan fingerprint density at radius 1 is 1.16 bits per heavy atom. The molecule has 0 aliphatic carbocycles. The Labute approximate surface area is 178 Å². The molecule has 0 spiro atoms. The Balaban J connectivity index is 1.34. The van der Waals surface area contributed by atoms with Gasteiger partial charge in [0.2, 0.25) is 17.6 Å². The smallest absolute Gasteiger partial charge is 0.227 e. The first kappa shape index (κ1) is 20.4. The molecular weight excluding hydrogens is 399 g/mol. The van der Waals surface area contributed by atoms with Crippen molar-refractivity contribution in [1.82, 2.24) is 29.8 Å². The average molecular weight is 420 g/mol. The van der Waals surface area contributed by atoms with Crippen molar-refractivity contribution in [2.24, 2.45) is 0 Å². The van der Waals surface area contributed by atoms with Gasteiger partial charge in [-0.3, -0.25) is 4.79 Å². The second kappa shape index (κ2) is 8.86. The van der Waals surface area contributed by atoms with E-state index in [0.717, 1.165) is 11.3 Å². The summed E-state index contributed by atoms with van der Waals surface area (Å²) in [6.07, 6.45) is 3.68. The van der Waals surface area contributed by atoms with Crippen LogP contribution in [0.2, 0.25) is 0 Å². The number of aryl methyl sites for hydroxylation is 1. The molecule has 0 saturated carbocycles. The van der Waals surface area contributed by atoms with Gasteiger partial charge < -0.3 is 9.42 Å². The fourth-order valence-electron chi connectivity index (χ4n) is 3.15. The molecule has 4 aromatic rings. The van der Waals surface area contributed by atoms with Crippen molar-refractivity contribution in [1.29, 1.82) is 0 Å². The monoisotopic (exact) mass is 420 g/mol. The summed E-state index contributed by atoms with van der Waals surface area (Å²) in [6, 6.07) is 13.6. The van der Waals surface area contributed by atoms with Crippen LogP contribution in [0.1, 0.15) is 30.8 Å². The van der Waals surface area contributed by atoms with Crippen molar-refractivity contribution in [3.63, 3.8) is 0 Å². The van der Waals surface area contributed by atoms with Crippen LogP contribution in [0.25, 0.3) is 17.1 Å². The number of nitrogens with zero attached hydrogens (tertiary/aromatic N) is 6. The van der Waals surface area contributed by atoms with Gasteiger partial charge in [-0.05, 0) is 48.9 Å². The minimum Gasteiger partial charge on any atom is -0.339 e. The number of hydrogen-bond donors (Lipinski definition) is 0. The molecular formula is C22H21FN6O2. The summed E-state index contributed by atoms with van der Waals surface area (Å²) in [7, 11) is 1.77. The van der Waals surface area contributed by atoms with Crippen molar-refractivity contribution in [2.75, 3.05) is 7.05 Å². The number of rotatable bonds is 7. The number of carbonyl (C=O) groups excluding carboxylic acids is 1. The molecule has 0 radical (unpaired) electrons. The van der Waals surface area contributed by atoms with E-state index >= 15 is 0 Å². The van der Waals surface area contributed by atoms with Crippen molar-refractivity contribution in [2.45, 2.75) is 25.8 Å². The molecule has 2 heterocycles. The predicted molar refractivity (Wildman–Crippen MR) is 111 cm³/mol. The van der Waals surface area contributed by atoms with Crippen LogP contribution in [0, 0.1) is 5.82 Å². The van der Waals surface area contributed by atoms with E-state index in [1.807, 2.05) is 31.2 Å². The molecule has 0 N–H and O–H groups in total. The van der Waals surface area contributed by atoms with E-state index in [4.69, 9.17) is 4.52 Å². The normalized spacial score (nSPS) is 12.0. The van der Waals surface area contributed by atoms with Crippen molar-refractivity contribution in [3.05, 3.63) is 78.5 Å². The second-order valence-corrected chi connectivity index (χ2v) is 7.13. The molecule has 0 aliphatic rings. The van der Waals surface area contributed by atoms with E-state index in [1.165, 1.54) is 18.5 Å². The lowest BCUT2D eigenvalue weighted by atomic mass is 10.1. The van der Waals surface area contributed by atoms with Gasteiger partial charge in [0.25, 0.3) is 0 Å². The molecule has 9 heteroatoms. The minimum absolute atomic E-state index is 0.0330. The molecule has 4 rings (SSSR count). The van der Waals surface area contributed by atoms with Gasteiger partial charge in [0.05, 0.1) is 11.7 Å². The summed E-state index contributed by atoms with van der Waals surface area (Å²) < 4.78 is 20.0. The summed E-state index contributed by atoms with van der Waals surface area (Å²) in [5, 5.41) is 8.01. The Hall–Kier alpha value is -3.88. The van der Waals surface area contributed by atoms with Crippen LogP contribution in [0.15, 0.2) is 65.7 Å². The zero-order chi connectivity index (χ0) is 21.8. The average Bonchev–Trinajstić information content (AvgIpc) is 3.49. The van der Waals surface area contributed by atoms with Crippen LogP contribution >= 0.6 is 0 Å². The Morgan fingerprint density at radius 2 is 1.90 bits per heavy atom. The lowest BCUT2D eigenvalue weighted by molar-refractivity contribution is -0.131. The van der Waals surface area contributed by atoms with Gasteiger partial charge in [-0.15, -0.1) is 0 Å². The molecule has 1 amide bonds. The second-order valence-electron chi connectivity index (χ2n) is 7.13. The third-order valence-corrected chi connectivity index (χ3v) is 5.16. The van der Waals surface area contributed by atoms with Gasteiger partial charge >= 0.3 is 0 Å². The van der Waals surface area contributed by atoms with Gasteiger partial charge in [-0.25, -0.2) is 14.1 Å². The number of halogens is 1. The molecule has 0 aliphatic heterocycles. The SMILES string of the molecule is C[C@H](c1ccc(-n2cncn2)cc1)N(C)C(=O)CCc1nc(-c2ccc(F)cc2)no1. The highest BCUT2D eigenvalue weighted by Gasteiger charge is 2.19. The molecule has 1 atom stereocenters. The molecule has 2 aromatic carbocycles. The minimum atomic E-state index is -0.330. The number of carbonyl (C=O) groups is 1. The van der Waals surface area contributed by atoms with E-state index in [-0.39, 0.29) is 24.2 Å². The number of benzene rings is 2. The van der Waals surface area contributed by atoms with Gasteiger partial charge in [-0.1, -0.05) is 17.3 Å². The van der Waals surface area contributed by atoms with Gasteiger partial charge in [0.15, 0.2) is 0 Å². The van der Waals surface area contributed by atoms with E-state index in [2.05, 4.69) is 20.2 Å². The Morgan fingerprint density at radius 3 is 2.58 bits per heavy atom. The number of amides is 1. The van der Waals surface area contributed by atoms with Gasteiger partial charge in [0, 0.05) is 25.5 Å². The molecule has 158 valence electrons. The van der Waals surface area contributed by atoms with Gasteiger partial charge in [-0.2, -0.15) is 10.1 Å². The van der Waals surface area contributed by atoms with Crippen LogP contribution in [0.3, 0.4) is 0 Å². The highest BCUT2D eigenvalue weighted by Crippen LogP contribution is 2.22. The standard InChI is InChI=1S/C22H21FN6O2/c1-15(16-5-9-19(10-6-16)29-14-24-13-25-29)28(2)21(30)12-11-20-26-22(27-31-20)17-3-7-18(23)8-4-17/h3-10,13-15H,11-12H2,1-2H3/t15-/m1/s1. The third-order valence-electron chi connectivity index (χ3n) is 5.16. The highest BCUT2D eigenvalue weighted by molar-refractivity contribution is 5.76. The lowest BCUT2D eigenvalue weighted by Crippen LogP contribution is -2.29. The maximum Gasteiger partial charge on any atom is 0.227 e. The van der Waals surface area contributed by atoms with Crippen LogP contribution < -0.4 is 0 Å². The molecule has 8 nitrogen and oxygen atoms in total. The van der Waals surface area contributed by atoms with Crippen LogP contribution in [-0.4, -0.2) is 42.8 Å². The summed E-state index contributed by atoms with van der Waals surface area (Å²) >= 11 is 0. The van der Waals surface area contributed by atoms with E-state index < -0.39 is 0 Å². The van der Waals surface area contributed by atoms with Gasteiger partial charge in [0.1, 0.15) is 18.5 Å². The first-order valence-corrected chi connectivity index (χ1v) is 9.80. The lowest BCUT2D eigenvalue weighted by Gasteiger charge is -2.25. The Kier molecular flexibility index (Phi) is 5.83. The number of hydrogen-bond acceptors (Lipinski definition) is 6. The first-order chi connectivity index (χ1) is 15.0. The zero-order valence-corrected chi connectivity index (χ0v) is 17.1. The molecule has 0 fully saturated rings. The Bertz CT molecular complexity index is 1140. The fraction of sp³-hybridized carbons (Fsp3) is 0.227. The summed E-state index contributed by atoms with van der Waals surface area (Å²) in [4.78, 5) is 22.6. The van der Waals surface area contributed by atoms with E-state index in [9.17, 15) is 9.18 Å². The maximum atomic E-state index is 13.1. The van der Waals surface area contributed by atoms with Crippen molar-refractivity contribution >= 4 is 5.91 Å². The quantitative estimate of drug-likeness (QED) is 0.454. The topological polar surface area (TPSA) is 89.9 Å². The summed E-state index contributed by atoms with van der Waals surface area (Å²) in [5.74, 6) is 0.375. The number of aromatic nitrogens is 5. The largest absolute Gasteiger partial charge is 0.339 e. The highest BCUT2D eigenvalue weighted by atomic mass is 19.1.